The van der Waals surface area contributed by atoms with Gasteiger partial charge in [0.15, 0.2) is 5.12 Å². The van der Waals surface area contributed by atoms with Gasteiger partial charge in [-0.3, -0.25) is 14.4 Å². The van der Waals surface area contributed by atoms with Crippen molar-refractivity contribution >= 4 is 28.8 Å². The summed E-state index contributed by atoms with van der Waals surface area (Å²) in [7, 11) is 1.42. The quantitative estimate of drug-likeness (QED) is 0.667. The SMILES string of the molecule is CNC(=O)CC(SC(C)=O)C(=O)O. The number of carboxylic acids is 1. The predicted octanol–water partition coefficient (Wildman–Crippen LogP) is -0.145. The largest absolute Gasteiger partial charge is 0.480 e. The molecule has 13 heavy (non-hydrogen) atoms. The summed E-state index contributed by atoms with van der Waals surface area (Å²) in [5.74, 6) is -1.54. The molecule has 0 bridgehead atoms. The molecule has 6 heteroatoms. The molecule has 0 radical (unpaired) electrons. The van der Waals surface area contributed by atoms with Crippen molar-refractivity contribution in [2.75, 3.05) is 7.05 Å². The molecule has 74 valence electrons. The molecular formula is C7H11NO4S. The summed E-state index contributed by atoms with van der Waals surface area (Å²) < 4.78 is 0. The molecule has 0 aliphatic heterocycles. The Morgan fingerprint density at radius 1 is 1.46 bits per heavy atom. The molecule has 5 nitrogen and oxygen atoms in total. The van der Waals surface area contributed by atoms with Crippen molar-refractivity contribution in [3.8, 4) is 0 Å². The van der Waals surface area contributed by atoms with Crippen LogP contribution in [0.3, 0.4) is 0 Å². The average Bonchev–Trinajstić information content (AvgIpc) is 2.02. The van der Waals surface area contributed by atoms with Gasteiger partial charge in [0.2, 0.25) is 5.91 Å². The molecule has 0 aliphatic carbocycles. The van der Waals surface area contributed by atoms with Crippen molar-refractivity contribution in [3.05, 3.63) is 0 Å². The van der Waals surface area contributed by atoms with Crippen LogP contribution >= 0.6 is 11.8 Å². The van der Waals surface area contributed by atoms with E-state index in [2.05, 4.69) is 5.32 Å². The Kier molecular flexibility index (Phi) is 5.13. The maximum absolute atomic E-state index is 10.8. The van der Waals surface area contributed by atoms with Gasteiger partial charge in [-0.05, 0) is 0 Å². The van der Waals surface area contributed by atoms with Gasteiger partial charge in [-0.2, -0.15) is 0 Å². The predicted molar refractivity (Wildman–Crippen MR) is 48.4 cm³/mol. The summed E-state index contributed by atoms with van der Waals surface area (Å²) in [6.07, 6.45) is -0.184. The van der Waals surface area contributed by atoms with Crippen LogP contribution in [0.15, 0.2) is 0 Å². The third-order valence-electron chi connectivity index (χ3n) is 1.23. The third-order valence-corrected chi connectivity index (χ3v) is 2.22. The van der Waals surface area contributed by atoms with Crippen molar-refractivity contribution in [2.24, 2.45) is 0 Å². The first-order valence-electron chi connectivity index (χ1n) is 3.58. The zero-order chi connectivity index (χ0) is 10.4. The van der Waals surface area contributed by atoms with E-state index < -0.39 is 11.2 Å². The number of thioether (sulfide) groups is 1. The fourth-order valence-corrected chi connectivity index (χ4v) is 1.39. The van der Waals surface area contributed by atoms with Crippen LogP contribution in [0.25, 0.3) is 0 Å². The summed E-state index contributed by atoms with van der Waals surface area (Å²) >= 11 is 0.652. The Morgan fingerprint density at radius 3 is 2.31 bits per heavy atom. The number of hydrogen-bond donors (Lipinski definition) is 2. The second kappa shape index (κ2) is 5.58. The number of carboxylic acid groups (broad SMARTS) is 1. The lowest BCUT2D eigenvalue weighted by atomic mass is 10.3. The third kappa shape index (κ3) is 5.24. The van der Waals surface area contributed by atoms with E-state index >= 15 is 0 Å². The molecule has 0 rings (SSSR count). The van der Waals surface area contributed by atoms with Crippen LogP contribution in [0, 0.1) is 0 Å². The minimum Gasteiger partial charge on any atom is -0.480 e. The van der Waals surface area contributed by atoms with Crippen LogP contribution in [0.1, 0.15) is 13.3 Å². The first-order valence-corrected chi connectivity index (χ1v) is 4.46. The fourth-order valence-electron chi connectivity index (χ4n) is 0.650. The number of carbonyl (C=O) groups excluding carboxylic acids is 2. The van der Waals surface area contributed by atoms with E-state index in [0.717, 1.165) is 0 Å². The van der Waals surface area contributed by atoms with Gasteiger partial charge >= 0.3 is 5.97 Å². The molecule has 0 aromatic carbocycles. The average molecular weight is 205 g/mol. The monoisotopic (exact) mass is 205 g/mol. The van der Waals surface area contributed by atoms with Crippen molar-refractivity contribution in [1.29, 1.82) is 0 Å². The molecule has 1 amide bonds. The van der Waals surface area contributed by atoms with Crippen molar-refractivity contribution in [1.82, 2.24) is 5.32 Å². The number of carbonyl (C=O) groups is 3. The van der Waals surface area contributed by atoms with Crippen molar-refractivity contribution in [3.63, 3.8) is 0 Å². The van der Waals surface area contributed by atoms with Gasteiger partial charge < -0.3 is 10.4 Å². The summed E-state index contributed by atoms with van der Waals surface area (Å²) in [4.78, 5) is 31.9. The minimum absolute atomic E-state index is 0.184. The second-order valence-electron chi connectivity index (χ2n) is 2.31. The smallest absolute Gasteiger partial charge is 0.317 e. The van der Waals surface area contributed by atoms with Gasteiger partial charge in [0.1, 0.15) is 5.25 Å². The zero-order valence-electron chi connectivity index (χ0n) is 7.36. The van der Waals surface area contributed by atoms with E-state index in [1.165, 1.54) is 14.0 Å². The lowest BCUT2D eigenvalue weighted by Crippen LogP contribution is -2.27. The number of hydrogen-bond acceptors (Lipinski definition) is 4. The molecule has 0 saturated carbocycles. The Bertz CT molecular complexity index is 229. The molecule has 0 heterocycles. The fraction of sp³-hybridized carbons (Fsp3) is 0.571. The van der Waals surface area contributed by atoms with Crippen LogP contribution in [0.4, 0.5) is 0 Å². The highest BCUT2D eigenvalue weighted by Gasteiger charge is 2.22. The summed E-state index contributed by atoms with van der Waals surface area (Å²) in [5, 5.41) is 9.61. The minimum atomic E-state index is -1.15. The molecule has 0 fully saturated rings. The van der Waals surface area contributed by atoms with Crippen LogP contribution in [0.5, 0.6) is 0 Å². The topological polar surface area (TPSA) is 83.5 Å². The van der Waals surface area contributed by atoms with Crippen LogP contribution < -0.4 is 5.32 Å². The normalized spacial score (nSPS) is 11.8. The van der Waals surface area contributed by atoms with E-state index in [1.54, 1.807) is 0 Å². The van der Waals surface area contributed by atoms with Gasteiger partial charge in [0.05, 0.1) is 0 Å². The molecule has 0 aromatic heterocycles. The van der Waals surface area contributed by atoms with Gasteiger partial charge in [-0.25, -0.2) is 0 Å². The van der Waals surface area contributed by atoms with Crippen molar-refractivity contribution < 1.29 is 19.5 Å². The van der Waals surface area contributed by atoms with Gasteiger partial charge in [0.25, 0.3) is 0 Å². The summed E-state index contributed by atoms with van der Waals surface area (Å²) in [6, 6.07) is 0. The number of amides is 1. The molecule has 2 N–H and O–H groups in total. The Morgan fingerprint density at radius 2 is 2.00 bits per heavy atom. The number of aliphatic carboxylic acids is 1. The van der Waals surface area contributed by atoms with E-state index in [9.17, 15) is 14.4 Å². The highest BCUT2D eigenvalue weighted by molar-refractivity contribution is 8.14. The molecular weight excluding hydrogens is 194 g/mol. The summed E-state index contributed by atoms with van der Waals surface area (Å²) in [5.41, 5.74) is 0. The van der Waals surface area contributed by atoms with Gasteiger partial charge in [0, 0.05) is 20.4 Å². The number of rotatable bonds is 4. The standard InChI is InChI=1S/C7H11NO4S/c1-4(9)13-5(7(11)12)3-6(10)8-2/h5H,3H2,1-2H3,(H,8,10)(H,11,12). The first kappa shape index (κ1) is 12.0. The van der Waals surface area contributed by atoms with E-state index in [1.807, 2.05) is 0 Å². The van der Waals surface area contributed by atoms with Gasteiger partial charge in [-0.1, -0.05) is 11.8 Å². The molecule has 0 spiro atoms. The first-order chi connectivity index (χ1) is 5.97. The number of nitrogens with one attached hydrogen (secondary N) is 1. The molecule has 1 unspecified atom stereocenters. The maximum atomic E-state index is 10.8. The molecule has 0 aliphatic rings. The van der Waals surface area contributed by atoms with Crippen molar-refractivity contribution in [2.45, 2.75) is 18.6 Å². The lowest BCUT2D eigenvalue weighted by Gasteiger charge is -2.07. The summed E-state index contributed by atoms with van der Waals surface area (Å²) in [6.45, 7) is 1.27. The van der Waals surface area contributed by atoms with Gasteiger partial charge in [-0.15, -0.1) is 0 Å². The van der Waals surface area contributed by atoms with Crippen LogP contribution in [-0.4, -0.2) is 34.4 Å². The maximum Gasteiger partial charge on any atom is 0.317 e. The Hall–Kier alpha value is -1.04. The molecule has 0 aromatic rings. The highest BCUT2D eigenvalue weighted by Crippen LogP contribution is 2.15. The second-order valence-corrected chi connectivity index (χ2v) is 3.69. The highest BCUT2D eigenvalue weighted by atomic mass is 32.2. The van der Waals surface area contributed by atoms with Crippen LogP contribution in [0.2, 0.25) is 0 Å². The van der Waals surface area contributed by atoms with E-state index in [0.29, 0.717) is 11.8 Å². The Balaban J connectivity index is 4.18. The zero-order valence-corrected chi connectivity index (χ0v) is 8.18. The Labute approximate surface area is 79.9 Å². The molecule has 1 atom stereocenters. The van der Waals surface area contributed by atoms with E-state index in [4.69, 9.17) is 5.11 Å². The van der Waals surface area contributed by atoms with Crippen LogP contribution in [-0.2, 0) is 14.4 Å². The molecule has 0 saturated heterocycles. The van der Waals surface area contributed by atoms with E-state index in [-0.39, 0.29) is 17.4 Å². The lowest BCUT2D eigenvalue weighted by molar-refractivity contribution is -0.138.